The molecule has 3 aromatic rings. The summed E-state index contributed by atoms with van der Waals surface area (Å²) >= 11 is 1.35. The number of sulfonamides is 1. The van der Waals surface area contributed by atoms with Gasteiger partial charge in [0, 0.05) is 10.8 Å². The standard InChI is InChI=1S/C21H21N3O5S2/c1-29-15-7-9-16(10-8-15)31(27,28)24-12-18-19(22-13-30-18)17(20(24)21(25)23-26)11-14-5-3-2-4-6-14/h2-10,13,17,20,26H,11-12H2,1H3,(H,23,25). The number of methoxy groups -OCH3 is 1. The first kappa shape index (κ1) is 21.4. The molecule has 0 fully saturated rings. The number of amides is 1. The smallest absolute Gasteiger partial charge is 0.262 e. The van der Waals surface area contributed by atoms with Gasteiger partial charge >= 0.3 is 0 Å². The molecule has 1 amide bonds. The van der Waals surface area contributed by atoms with E-state index in [2.05, 4.69) is 4.98 Å². The number of thiazole rings is 1. The number of nitrogens with zero attached hydrogens (tertiary/aromatic N) is 2. The van der Waals surface area contributed by atoms with Crippen molar-refractivity contribution in [2.45, 2.75) is 29.8 Å². The molecule has 8 nitrogen and oxygen atoms in total. The second kappa shape index (κ2) is 8.75. The van der Waals surface area contributed by atoms with Gasteiger partial charge in [-0.1, -0.05) is 30.3 Å². The van der Waals surface area contributed by atoms with Crippen molar-refractivity contribution >= 4 is 27.3 Å². The first-order chi connectivity index (χ1) is 15.0. The fourth-order valence-electron chi connectivity index (χ4n) is 3.86. The van der Waals surface area contributed by atoms with Crippen LogP contribution in [0, 0.1) is 0 Å². The van der Waals surface area contributed by atoms with E-state index in [-0.39, 0.29) is 11.4 Å². The monoisotopic (exact) mass is 459 g/mol. The summed E-state index contributed by atoms with van der Waals surface area (Å²) in [6.45, 7) is -0.00224. The number of nitrogens with one attached hydrogen (secondary N) is 1. The average molecular weight is 460 g/mol. The minimum atomic E-state index is -4.05. The highest BCUT2D eigenvalue weighted by atomic mass is 32.2. The molecule has 2 aromatic carbocycles. The average Bonchev–Trinajstić information content (AvgIpc) is 3.28. The topological polar surface area (TPSA) is 109 Å². The van der Waals surface area contributed by atoms with Crippen LogP contribution in [0.2, 0.25) is 0 Å². The highest BCUT2D eigenvalue weighted by Crippen LogP contribution is 2.40. The number of aromatic nitrogens is 1. The van der Waals surface area contributed by atoms with Gasteiger partial charge in [-0.2, -0.15) is 4.31 Å². The molecule has 31 heavy (non-hydrogen) atoms. The van der Waals surface area contributed by atoms with Gasteiger partial charge in [0.25, 0.3) is 5.91 Å². The van der Waals surface area contributed by atoms with Crippen molar-refractivity contribution in [2.24, 2.45) is 0 Å². The first-order valence-corrected chi connectivity index (χ1v) is 11.8. The predicted octanol–water partition coefficient (Wildman–Crippen LogP) is 2.56. The molecular weight excluding hydrogens is 438 g/mol. The normalized spacial score (nSPS) is 18.9. The maximum absolute atomic E-state index is 13.6. The zero-order valence-electron chi connectivity index (χ0n) is 16.6. The lowest BCUT2D eigenvalue weighted by Gasteiger charge is -2.38. The highest BCUT2D eigenvalue weighted by molar-refractivity contribution is 7.89. The van der Waals surface area contributed by atoms with Crippen molar-refractivity contribution in [3.05, 3.63) is 76.2 Å². The third kappa shape index (κ3) is 4.07. The van der Waals surface area contributed by atoms with Crippen molar-refractivity contribution in [2.75, 3.05) is 7.11 Å². The molecule has 162 valence electrons. The SMILES string of the molecule is COc1ccc(S(=O)(=O)N2Cc3scnc3C(Cc3ccccc3)C2C(=O)NO)cc1. The summed E-state index contributed by atoms with van der Waals surface area (Å²) in [4.78, 5) is 18.0. The fourth-order valence-corrected chi connectivity index (χ4v) is 6.37. The maximum Gasteiger partial charge on any atom is 0.262 e. The summed E-state index contributed by atoms with van der Waals surface area (Å²) in [5.41, 5.74) is 4.93. The van der Waals surface area contributed by atoms with Crippen LogP contribution < -0.4 is 10.2 Å². The molecule has 2 unspecified atom stereocenters. The molecule has 2 N–H and O–H groups in total. The van der Waals surface area contributed by atoms with Crippen LogP contribution in [-0.4, -0.2) is 42.0 Å². The minimum absolute atomic E-state index is 0.00224. The van der Waals surface area contributed by atoms with Gasteiger partial charge < -0.3 is 4.74 Å². The number of benzene rings is 2. The van der Waals surface area contributed by atoms with E-state index in [0.717, 1.165) is 14.7 Å². The largest absolute Gasteiger partial charge is 0.497 e. The molecule has 1 aliphatic heterocycles. The number of carbonyl (C=O) groups is 1. The van der Waals surface area contributed by atoms with Crippen LogP contribution in [0.25, 0.3) is 0 Å². The van der Waals surface area contributed by atoms with Gasteiger partial charge in [0.05, 0.1) is 29.8 Å². The van der Waals surface area contributed by atoms with E-state index in [1.54, 1.807) is 23.1 Å². The van der Waals surface area contributed by atoms with Gasteiger partial charge in [-0.05, 0) is 36.2 Å². The number of hydrogen-bond donors (Lipinski definition) is 2. The summed E-state index contributed by atoms with van der Waals surface area (Å²) in [6, 6.07) is 14.3. The summed E-state index contributed by atoms with van der Waals surface area (Å²) in [5, 5.41) is 9.44. The Balaban J connectivity index is 1.80. The first-order valence-electron chi connectivity index (χ1n) is 9.51. The Labute approximate surface area is 184 Å². The molecule has 1 aliphatic rings. The molecule has 2 atom stereocenters. The van der Waals surface area contributed by atoms with Crippen LogP contribution in [0.4, 0.5) is 0 Å². The van der Waals surface area contributed by atoms with Gasteiger partial charge in [0.1, 0.15) is 11.8 Å². The van der Waals surface area contributed by atoms with E-state index in [4.69, 9.17) is 4.74 Å². The Morgan fingerprint density at radius 1 is 1.23 bits per heavy atom. The molecule has 4 rings (SSSR count). The molecule has 2 heterocycles. The Morgan fingerprint density at radius 3 is 2.58 bits per heavy atom. The van der Waals surface area contributed by atoms with E-state index in [0.29, 0.717) is 17.9 Å². The zero-order chi connectivity index (χ0) is 22.0. The van der Waals surface area contributed by atoms with Crippen molar-refractivity contribution < 1.29 is 23.2 Å². The lowest BCUT2D eigenvalue weighted by molar-refractivity contribution is -0.134. The summed E-state index contributed by atoms with van der Waals surface area (Å²) in [6.07, 6.45) is 0.393. The number of hydrogen-bond acceptors (Lipinski definition) is 7. The lowest BCUT2D eigenvalue weighted by atomic mass is 9.86. The van der Waals surface area contributed by atoms with E-state index >= 15 is 0 Å². The van der Waals surface area contributed by atoms with Crippen LogP contribution in [0.1, 0.15) is 22.1 Å². The Bertz CT molecular complexity index is 1160. The van der Waals surface area contributed by atoms with Gasteiger partial charge in [0.2, 0.25) is 10.0 Å². The number of hydroxylamine groups is 1. The molecule has 0 saturated carbocycles. The Kier molecular flexibility index (Phi) is 6.05. The molecule has 10 heteroatoms. The van der Waals surface area contributed by atoms with E-state index in [1.165, 1.54) is 30.6 Å². The number of ether oxygens (including phenoxy) is 1. The van der Waals surface area contributed by atoms with Gasteiger partial charge in [-0.3, -0.25) is 10.0 Å². The fraction of sp³-hybridized carbons (Fsp3) is 0.238. The summed E-state index contributed by atoms with van der Waals surface area (Å²) < 4.78 is 33.4. The predicted molar refractivity (Wildman–Crippen MR) is 114 cm³/mol. The highest BCUT2D eigenvalue weighted by Gasteiger charge is 2.46. The Hall–Kier alpha value is -2.79. The summed E-state index contributed by atoms with van der Waals surface area (Å²) in [5.74, 6) is -0.830. The van der Waals surface area contributed by atoms with Crippen molar-refractivity contribution in [1.82, 2.24) is 14.8 Å². The van der Waals surface area contributed by atoms with Gasteiger partial charge in [-0.25, -0.2) is 18.9 Å². The number of fused-ring (bicyclic) bond motifs is 1. The zero-order valence-corrected chi connectivity index (χ0v) is 18.3. The number of carbonyl (C=O) groups excluding carboxylic acids is 1. The van der Waals surface area contributed by atoms with Crippen LogP contribution in [-0.2, 0) is 27.8 Å². The van der Waals surface area contributed by atoms with Gasteiger partial charge in [0.15, 0.2) is 0 Å². The van der Waals surface area contributed by atoms with Crippen molar-refractivity contribution in [1.29, 1.82) is 0 Å². The van der Waals surface area contributed by atoms with E-state index in [1.807, 2.05) is 30.3 Å². The molecule has 0 spiro atoms. The molecule has 0 saturated heterocycles. The third-order valence-corrected chi connectivity index (χ3v) is 8.03. The molecule has 1 aromatic heterocycles. The second-order valence-corrected chi connectivity index (χ2v) is 9.93. The van der Waals surface area contributed by atoms with Crippen LogP contribution in [0.3, 0.4) is 0 Å². The van der Waals surface area contributed by atoms with Crippen LogP contribution >= 0.6 is 11.3 Å². The quantitative estimate of drug-likeness (QED) is 0.433. The molecule has 0 aliphatic carbocycles. The van der Waals surface area contributed by atoms with Gasteiger partial charge in [-0.15, -0.1) is 11.3 Å². The third-order valence-electron chi connectivity index (χ3n) is 5.36. The Morgan fingerprint density at radius 2 is 1.94 bits per heavy atom. The molecule has 0 radical (unpaired) electrons. The van der Waals surface area contributed by atoms with Crippen molar-refractivity contribution in [3.8, 4) is 5.75 Å². The van der Waals surface area contributed by atoms with Crippen molar-refractivity contribution in [3.63, 3.8) is 0 Å². The molecular formula is C21H21N3O5S2. The second-order valence-electron chi connectivity index (χ2n) is 7.10. The lowest BCUT2D eigenvalue weighted by Crippen LogP contribution is -2.54. The molecule has 0 bridgehead atoms. The minimum Gasteiger partial charge on any atom is -0.497 e. The number of rotatable bonds is 6. The summed E-state index contributed by atoms with van der Waals surface area (Å²) in [7, 11) is -2.56. The van der Waals surface area contributed by atoms with Crippen LogP contribution in [0.5, 0.6) is 5.75 Å². The maximum atomic E-state index is 13.6. The van der Waals surface area contributed by atoms with E-state index in [9.17, 15) is 18.4 Å². The van der Waals surface area contributed by atoms with Crippen LogP contribution in [0.15, 0.2) is 65.0 Å². The van der Waals surface area contributed by atoms with E-state index < -0.39 is 27.9 Å².